The maximum Gasteiger partial charge on any atom is 0.337 e. The van der Waals surface area contributed by atoms with Crippen LogP contribution < -0.4 is 0 Å². The highest BCUT2D eigenvalue weighted by Gasteiger charge is 2.08. The summed E-state index contributed by atoms with van der Waals surface area (Å²) >= 11 is 0. The number of halogens is 1. The monoisotopic (exact) mass is 236 g/mol. The zero-order valence-corrected chi connectivity index (χ0v) is 8.99. The molecule has 1 aromatic carbocycles. The number of carbonyl (C=O) groups is 2. The Labute approximate surface area is 97.0 Å². The van der Waals surface area contributed by atoms with Gasteiger partial charge in [-0.25, -0.2) is 9.18 Å². The van der Waals surface area contributed by atoms with Gasteiger partial charge in [-0.15, -0.1) is 0 Å². The third kappa shape index (κ3) is 3.61. The molecule has 0 saturated carbocycles. The molecule has 5 heteroatoms. The second-order valence-corrected chi connectivity index (χ2v) is 3.06. The summed E-state index contributed by atoms with van der Waals surface area (Å²) in [5.74, 6) is 2.32. The summed E-state index contributed by atoms with van der Waals surface area (Å²) in [4.78, 5) is 21.4. The Bertz CT molecular complexity index is 511. The second kappa shape index (κ2) is 5.66. The average molecular weight is 236 g/mol. The summed E-state index contributed by atoms with van der Waals surface area (Å²) in [7, 11) is 1.21. The van der Waals surface area contributed by atoms with Crippen molar-refractivity contribution >= 4 is 11.9 Å². The second-order valence-electron chi connectivity index (χ2n) is 3.06. The van der Waals surface area contributed by atoms with E-state index in [-0.39, 0.29) is 17.5 Å². The predicted molar refractivity (Wildman–Crippen MR) is 56.9 cm³/mol. The van der Waals surface area contributed by atoms with Crippen LogP contribution in [0.15, 0.2) is 18.2 Å². The summed E-state index contributed by atoms with van der Waals surface area (Å²) < 4.78 is 17.7. The Morgan fingerprint density at radius 2 is 2.18 bits per heavy atom. The van der Waals surface area contributed by atoms with Gasteiger partial charge in [-0.1, -0.05) is 11.8 Å². The first-order chi connectivity index (χ1) is 8.04. The van der Waals surface area contributed by atoms with E-state index in [1.807, 2.05) is 0 Å². The first-order valence-corrected chi connectivity index (χ1v) is 4.63. The van der Waals surface area contributed by atoms with Crippen LogP contribution in [0.3, 0.4) is 0 Å². The minimum absolute atomic E-state index is 0.0332. The van der Waals surface area contributed by atoms with Crippen LogP contribution in [0, 0.1) is 17.7 Å². The molecule has 17 heavy (non-hydrogen) atoms. The summed E-state index contributed by atoms with van der Waals surface area (Å²) in [5, 5.41) is 8.37. The van der Waals surface area contributed by atoms with Crippen molar-refractivity contribution in [3.8, 4) is 11.8 Å². The fraction of sp³-hybridized carbons (Fsp3) is 0.167. The van der Waals surface area contributed by atoms with Gasteiger partial charge in [0.1, 0.15) is 12.2 Å². The number of benzene rings is 1. The molecule has 0 unspecified atom stereocenters. The number of aliphatic carboxylic acids is 1. The van der Waals surface area contributed by atoms with Crippen LogP contribution in [-0.2, 0) is 9.53 Å². The van der Waals surface area contributed by atoms with Gasteiger partial charge in [0.25, 0.3) is 0 Å². The lowest BCUT2D eigenvalue weighted by atomic mass is 10.1. The summed E-state index contributed by atoms with van der Waals surface area (Å²) in [6, 6.07) is 3.57. The SMILES string of the molecule is COC(=O)c1ccc(F)c(C#CCC(=O)O)c1. The number of carbonyl (C=O) groups excluding carboxylic acids is 1. The molecule has 1 N–H and O–H groups in total. The van der Waals surface area contributed by atoms with Gasteiger partial charge in [0.2, 0.25) is 0 Å². The largest absolute Gasteiger partial charge is 0.481 e. The molecular weight excluding hydrogens is 227 g/mol. The van der Waals surface area contributed by atoms with E-state index >= 15 is 0 Å². The van der Waals surface area contributed by atoms with Gasteiger partial charge in [0.05, 0.1) is 18.2 Å². The maximum absolute atomic E-state index is 13.3. The summed E-state index contributed by atoms with van der Waals surface area (Å²) in [6.45, 7) is 0. The number of ether oxygens (including phenoxy) is 1. The topological polar surface area (TPSA) is 63.6 Å². The molecule has 0 aliphatic carbocycles. The fourth-order valence-corrected chi connectivity index (χ4v) is 1.08. The highest BCUT2D eigenvalue weighted by molar-refractivity contribution is 5.89. The van der Waals surface area contributed by atoms with E-state index in [1.54, 1.807) is 0 Å². The third-order valence-electron chi connectivity index (χ3n) is 1.85. The first kappa shape index (κ1) is 12.7. The molecule has 0 spiro atoms. The van der Waals surface area contributed by atoms with Crippen molar-refractivity contribution in [2.24, 2.45) is 0 Å². The van der Waals surface area contributed by atoms with E-state index < -0.39 is 17.8 Å². The highest BCUT2D eigenvalue weighted by Crippen LogP contribution is 2.10. The van der Waals surface area contributed by atoms with Crippen LogP contribution in [0.4, 0.5) is 4.39 Å². The van der Waals surface area contributed by atoms with Gasteiger partial charge in [-0.05, 0) is 18.2 Å². The molecule has 1 aromatic rings. The van der Waals surface area contributed by atoms with Crippen LogP contribution in [0.5, 0.6) is 0 Å². The predicted octanol–water partition coefficient (Wildman–Crippen LogP) is 1.44. The number of hydrogen-bond donors (Lipinski definition) is 1. The van der Waals surface area contributed by atoms with E-state index in [1.165, 1.54) is 19.2 Å². The molecule has 0 fully saturated rings. The lowest BCUT2D eigenvalue weighted by molar-refractivity contribution is -0.135. The Balaban J connectivity index is 3.01. The fourth-order valence-electron chi connectivity index (χ4n) is 1.08. The molecule has 0 amide bonds. The van der Waals surface area contributed by atoms with Crippen molar-refractivity contribution in [2.75, 3.05) is 7.11 Å². The number of carboxylic acids is 1. The molecule has 0 saturated heterocycles. The molecule has 4 nitrogen and oxygen atoms in total. The van der Waals surface area contributed by atoms with Gasteiger partial charge < -0.3 is 9.84 Å². The molecule has 0 aliphatic rings. The Morgan fingerprint density at radius 1 is 1.47 bits per heavy atom. The van der Waals surface area contributed by atoms with Crippen LogP contribution in [0.25, 0.3) is 0 Å². The summed E-state index contributed by atoms with van der Waals surface area (Å²) in [6.07, 6.45) is -0.387. The molecule has 1 rings (SSSR count). The van der Waals surface area contributed by atoms with Crippen LogP contribution in [0.1, 0.15) is 22.3 Å². The molecule has 0 heterocycles. The van der Waals surface area contributed by atoms with Gasteiger partial charge in [0.15, 0.2) is 0 Å². The third-order valence-corrected chi connectivity index (χ3v) is 1.85. The van der Waals surface area contributed by atoms with Crippen LogP contribution >= 0.6 is 0 Å². The normalized spacial score (nSPS) is 9.06. The smallest absolute Gasteiger partial charge is 0.337 e. The molecule has 0 atom stereocenters. The molecular formula is C12H9FO4. The zero-order chi connectivity index (χ0) is 12.8. The van der Waals surface area contributed by atoms with Crippen molar-refractivity contribution < 1.29 is 23.8 Å². The van der Waals surface area contributed by atoms with Crippen molar-refractivity contribution in [1.29, 1.82) is 0 Å². The van der Waals surface area contributed by atoms with Crippen LogP contribution in [-0.4, -0.2) is 24.2 Å². The van der Waals surface area contributed by atoms with Gasteiger partial charge in [0, 0.05) is 0 Å². The van der Waals surface area contributed by atoms with Crippen molar-refractivity contribution in [3.63, 3.8) is 0 Å². The van der Waals surface area contributed by atoms with E-state index in [0.717, 1.165) is 6.07 Å². The minimum Gasteiger partial charge on any atom is -0.481 e. The van der Waals surface area contributed by atoms with Crippen LogP contribution in [0.2, 0.25) is 0 Å². The van der Waals surface area contributed by atoms with Crippen molar-refractivity contribution in [1.82, 2.24) is 0 Å². The lowest BCUT2D eigenvalue weighted by Crippen LogP contribution is -2.02. The van der Waals surface area contributed by atoms with E-state index in [9.17, 15) is 14.0 Å². The number of methoxy groups -OCH3 is 1. The average Bonchev–Trinajstić information content (AvgIpc) is 2.30. The molecule has 0 aromatic heterocycles. The molecule has 0 radical (unpaired) electrons. The molecule has 0 aliphatic heterocycles. The number of esters is 1. The van der Waals surface area contributed by atoms with Gasteiger partial charge in [-0.2, -0.15) is 0 Å². The Morgan fingerprint density at radius 3 is 2.76 bits per heavy atom. The Hall–Kier alpha value is -2.35. The first-order valence-electron chi connectivity index (χ1n) is 4.63. The van der Waals surface area contributed by atoms with Crippen molar-refractivity contribution in [2.45, 2.75) is 6.42 Å². The molecule has 0 bridgehead atoms. The molecule has 88 valence electrons. The standard InChI is InChI=1S/C12H9FO4/c1-17-12(16)9-5-6-10(13)8(7-9)3-2-4-11(14)15/h5-7H,4H2,1H3,(H,14,15). The minimum atomic E-state index is -1.10. The van der Waals surface area contributed by atoms with E-state index in [0.29, 0.717) is 0 Å². The highest BCUT2D eigenvalue weighted by atomic mass is 19.1. The van der Waals surface area contributed by atoms with Crippen molar-refractivity contribution in [3.05, 3.63) is 35.1 Å². The van der Waals surface area contributed by atoms with Gasteiger partial charge in [-0.3, -0.25) is 4.79 Å². The number of rotatable bonds is 2. The lowest BCUT2D eigenvalue weighted by Gasteiger charge is -2.00. The van der Waals surface area contributed by atoms with Gasteiger partial charge >= 0.3 is 11.9 Å². The number of carboxylic acid groups (broad SMARTS) is 1. The quantitative estimate of drug-likeness (QED) is 0.623. The Kier molecular flexibility index (Phi) is 4.23. The zero-order valence-electron chi connectivity index (χ0n) is 8.99. The van der Waals surface area contributed by atoms with E-state index in [4.69, 9.17) is 5.11 Å². The number of hydrogen-bond acceptors (Lipinski definition) is 3. The van der Waals surface area contributed by atoms with E-state index in [2.05, 4.69) is 16.6 Å². The summed E-state index contributed by atoms with van der Waals surface area (Å²) in [5.41, 5.74) is 0.127. The maximum atomic E-state index is 13.3.